The Kier molecular flexibility index (Phi) is 4.55. The molecule has 1 aliphatic carbocycles. The quantitative estimate of drug-likeness (QED) is 0.923. The lowest BCUT2D eigenvalue weighted by atomic mass is 9.69. The summed E-state index contributed by atoms with van der Waals surface area (Å²) >= 11 is 0. The molecule has 1 heterocycles. The van der Waals surface area contributed by atoms with E-state index in [1.807, 2.05) is 17.9 Å². The first-order valence-electron chi connectivity index (χ1n) is 7.70. The lowest BCUT2D eigenvalue weighted by Crippen LogP contribution is -2.51. The van der Waals surface area contributed by atoms with Gasteiger partial charge in [0.2, 0.25) is 0 Å². The summed E-state index contributed by atoms with van der Waals surface area (Å²) in [7, 11) is 4.16. The summed E-state index contributed by atoms with van der Waals surface area (Å²) in [6.45, 7) is 8.00. The molecule has 0 aromatic carbocycles. The molecule has 2 N–H and O–H groups in total. The Morgan fingerprint density at radius 2 is 2.10 bits per heavy atom. The molecular weight excluding hydrogens is 248 g/mol. The Hall–Kier alpha value is -0.870. The predicted molar refractivity (Wildman–Crippen MR) is 83.2 cm³/mol. The zero-order chi connectivity index (χ0) is 14.9. The number of aryl methyl sites for hydroxylation is 1. The summed E-state index contributed by atoms with van der Waals surface area (Å²) in [5.41, 5.74) is 8.03. The van der Waals surface area contributed by atoms with Crippen LogP contribution >= 0.6 is 0 Å². The van der Waals surface area contributed by atoms with Crippen LogP contribution in [-0.2, 0) is 13.6 Å². The van der Waals surface area contributed by atoms with E-state index in [1.54, 1.807) is 0 Å². The maximum absolute atomic E-state index is 6.38. The largest absolute Gasteiger partial charge is 0.326 e. The first-order valence-corrected chi connectivity index (χ1v) is 7.70. The van der Waals surface area contributed by atoms with Gasteiger partial charge in [-0.1, -0.05) is 20.8 Å². The second-order valence-electron chi connectivity index (χ2n) is 7.54. The van der Waals surface area contributed by atoms with Crippen LogP contribution in [0.1, 0.15) is 45.6 Å². The molecule has 0 amide bonds. The van der Waals surface area contributed by atoms with E-state index in [0.29, 0.717) is 17.5 Å². The molecule has 0 bridgehead atoms. The summed E-state index contributed by atoms with van der Waals surface area (Å²) < 4.78 is 1.86. The van der Waals surface area contributed by atoms with E-state index in [9.17, 15) is 0 Å². The summed E-state index contributed by atoms with van der Waals surface area (Å²) in [6.07, 6.45) is 7.66. The molecule has 1 saturated carbocycles. The second kappa shape index (κ2) is 5.86. The molecule has 2 rings (SSSR count). The smallest absolute Gasteiger partial charge is 0.0534 e. The van der Waals surface area contributed by atoms with Gasteiger partial charge >= 0.3 is 0 Å². The topological polar surface area (TPSA) is 47.1 Å². The standard InChI is InChI=1S/C16H30N4/c1-16(2,3)13-6-7-14(17)15(8-13)19(4)10-12-9-18-20(5)11-12/h9,11,13-15H,6-8,10,17H2,1-5H3. The molecule has 1 aliphatic rings. The predicted octanol–water partition coefficient (Wildman–Crippen LogP) is 2.39. The molecule has 0 aliphatic heterocycles. The average Bonchev–Trinajstić information content (AvgIpc) is 2.73. The molecule has 20 heavy (non-hydrogen) atoms. The summed E-state index contributed by atoms with van der Waals surface area (Å²) in [5.74, 6) is 0.767. The Labute approximate surface area is 123 Å². The van der Waals surface area contributed by atoms with Gasteiger partial charge in [0.25, 0.3) is 0 Å². The first-order chi connectivity index (χ1) is 9.27. The van der Waals surface area contributed by atoms with Crippen LogP contribution in [0.15, 0.2) is 12.4 Å². The monoisotopic (exact) mass is 278 g/mol. The highest BCUT2D eigenvalue weighted by Crippen LogP contribution is 2.38. The van der Waals surface area contributed by atoms with Crippen molar-refractivity contribution in [1.29, 1.82) is 0 Å². The fourth-order valence-electron chi connectivity index (χ4n) is 3.42. The van der Waals surface area contributed by atoms with E-state index in [4.69, 9.17) is 5.73 Å². The molecule has 3 atom stereocenters. The molecular formula is C16H30N4. The van der Waals surface area contributed by atoms with Crippen LogP contribution in [0.3, 0.4) is 0 Å². The second-order valence-corrected chi connectivity index (χ2v) is 7.54. The van der Waals surface area contributed by atoms with E-state index in [-0.39, 0.29) is 0 Å². The van der Waals surface area contributed by atoms with Gasteiger partial charge in [-0.2, -0.15) is 5.10 Å². The highest BCUT2D eigenvalue weighted by atomic mass is 15.2. The van der Waals surface area contributed by atoms with Gasteiger partial charge in [0.1, 0.15) is 0 Å². The Bertz CT molecular complexity index is 432. The molecule has 114 valence electrons. The lowest BCUT2D eigenvalue weighted by Gasteiger charge is -2.44. The van der Waals surface area contributed by atoms with Crippen LogP contribution in [0.5, 0.6) is 0 Å². The molecule has 0 radical (unpaired) electrons. The first kappa shape index (κ1) is 15.5. The lowest BCUT2D eigenvalue weighted by molar-refractivity contribution is 0.0805. The SMILES string of the molecule is CN(Cc1cnn(C)c1)C1CC(C(C)(C)C)CCC1N. The van der Waals surface area contributed by atoms with Crippen molar-refractivity contribution < 1.29 is 0 Å². The fraction of sp³-hybridized carbons (Fsp3) is 0.812. The van der Waals surface area contributed by atoms with Gasteiger partial charge in [-0.05, 0) is 37.6 Å². The normalized spacial score (nSPS) is 28.1. The van der Waals surface area contributed by atoms with Gasteiger partial charge in [0.15, 0.2) is 0 Å². The van der Waals surface area contributed by atoms with Crippen LogP contribution in [-0.4, -0.2) is 33.8 Å². The molecule has 4 nitrogen and oxygen atoms in total. The number of nitrogens with two attached hydrogens (primary N) is 1. The third-order valence-corrected chi connectivity index (χ3v) is 4.85. The van der Waals surface area contributed by atoms with E-state index in [2.05, 4.69) is 44.0 Å². The van der Waals surface area contributed by atoms with Gasteiger partial charge < -0.3 is 5.73 Å². The molecule has 0 saturated heterocycles. The van der Waals surface area contributed by atoms with Gasteiger partial charge in [-0.25, -0.2) is 0 Å². The summed E-state index contributed by atoms with van der Waals surface area (Å²) in [5, 5.41) is 4.25. The van der Waals surface area contributed by atoms with Crippen LogP contribution < -0.4 is 5.73 Å². The van der Waals surface area contributed by atoms with Crippen LogP contribution in [0.2, 0.25) is 0 Å². The van der Waals surface area contributed by atoms with Crippen LogP contribution in [0.25, 0.3) is 0 Å². The summed E-state index contributed by atoms with van der Waals surface area (Å²) in [6, 6.07) is 0.781. The minimum Gasteiger partial charge on any atom is -0.326 e. The van der Waals surface area contributed by atoms with E-state index in [0.717, 1.165) is 18.9 Å². The van der Waals surface area contributed by atoms with E-state index < -0.39 is 0 Å². The zero-order valence-corrected chi connectivity index (χ0v) is 13.6. The van der Waals surface area contributed by atoms with Crippen molar-refractivity contribution in [2.45, 2.75) is 58.7 Å². The van der Waals surface area contributed by atoms with Crippen LogP contribution in [0, 0.1) is 11.3 Å². The molecule has 4 heteroatoms. The molecule has 0 spiro atoms. The number of aromatic nitrogens is 2. The maximum Gasteiger partial charge on any atom is 0.0534 e. The van der Waals surface area contributed by atoms with Crippen molar-refractivity contribution >= 4 is 0 Å². The van der Waals surface area contributed by atoms with Crippen molar-refractivity contribution in [2.24, 2.45) is 24.1 Å². The molecule has 3 unspecified atom stereocenters. The number of hydrogen-bond acceptors (Lipinski definition) is 3. The molecule has 1 aromatic rings. The maximum atomic E-state index is 6.38. The minimum absolute atomic E-state index is 0.301. The van der Waals surface area contributed by atoms with E-state index in [1.165, 1.54) is 18.4 Å². The van der Waals surface area contributed by atoms with Gasteiger partial charge in [0, 0.05) is 37.4 Å². The average molecular weight is 278 g/mol. The fourth-order valence-corrected chi connectivity index (χ4v) is 3.42. The molecule has 1 aromatic heterocycles. The van der Waals surface area contributed by atoms with Crippen LogP contribution in [0.4, 0.5) is 0 Å². The van der Waals surface area contributed by atoms with Crippen molar-refractivity contribution in [2.75, 3.05) is 7.05 Å². The highest BCUT2D eigenvalue weighted by Gasteiger charge is 2.36. The van der Waals surface area contributed by atoms with E-state index >= 15 is 0 Å². The summed E-state index contributed by atoms with van der Waals surface area (Å²) in [4.78, 5) is 2.42. The van der Waals surface area contributed by atoms with Crippen molar-refractivity contribution in [3.63, 3.8) is 0 Å². The third kappa shape index (κ3) is 3.61. The highest BCUT2D eigenvalue weighted by molar-refractivity contribution is 5.04. The van der Waals surface area contributed by atoms with Gasteiger partial charge in [-0.15, -0.1) is 0 Å². The Balaban J connectivity index is 2.01. The number of rotatable bonds is 3. The van der Waals surface area contributed by atoms with Gasteiger partial charge in [0.05, 0.1) is 6.20 Å². The number of likely N-dealkylation sites (N-methyl/N-ethyl adjacent to an activating group) is 1. The Morgan fingerprint density at radius 3 is 2.65 bits per heavy atom. The number of hydrogen-bond donors (Lipinski definition) is 1. The van der Waals surface area contributed by atoms with Crippen molar-refractivity contribution in [1.82, 2.24) is 14.7 Å². The molecule has 1 fully saturated rings. The van der Waals surface area contributed by atoms with Gasteiger partial charge in [-0.3, -0.25) is 9.58 Å². The minimum atomic E-state index is 0.301. The zero-order valence-electron chi connectivity index (χ0n) is 13.6. The van der Waals surface area contributed by atoms with Crippen molar-refractivity contribution in [3.05, 3.63) is 18.0 Å². The van der Waals surface area contributed by atoms with Crippen molar-refractivity contribution in [3.8, 4) is 0 Å². The third-order valence-electron chi connectivity index (χ3n) is 4.85. The number of nitrogens with zero attached hydrogens (tertiary/aromatic N) is 3. The Morgan fingerprint density at radius 1 is 1.40 bits per heavy atom.